The zero-order valence-corrected chi connectivity index (χ0v) is 12.5. The molecule has 4 nitrogen and oxygen atoms in total. The Hall–Kier alpha value is -2.27. The number of aromatic nitrogens is 2. The summed E-state index contributed by atoms with van der Waals surface area (Å²) in [6, 6.07) is 13.6. The second-order valence-corrected chi connectivity index (χ2v) is 5.83. The molecule has 0 fully saturated rings. The van der Waals surface area contributed by atoms with E-state index in [0.29, 0.717) is 10.7 Å². The number of rotatable bonds is 4. The van der Waals surface area contributed by atoms with Crippen molar-refractivity contribution in [3.63, 3.8) is 0 Å². The van der Waals surface area contributed by atoms with Gasteiger partial charge in [-0.3, -0.25) is 10.1 Å². The fourth-order valence-corrected chi connectivity index (χ4v) is 2.96. The van der Waals surface area contributed by atoms with Gasteiger partial charge in [-0.1, -0.05) is 48.6 Å². The third kappa shape index (κ3) is 3.08. The number of amides is 1. The fraction of sp³-hybridized carbons (Fsp3) is 0.188. The van der Waals surface area contributed by atoms with Gasteiger partial charge in [0, 0.05) is 12.0 Å². The lowest BCUT2D eigenvalue weighted by molar-refractivity contribution is 0.102. The summed E-state index contributed by atoms with van der Waals surface area (Å²) in [5, 5.41) is 14.5. The lowest BCUT2D eigenvalue weighted by Gasteiger charge is -2.03. The highest BCUT2D eigenvalue weighted by Gasteiger charge is 2.10. The molecule has 0 atom stereocenters. The van der Waals surface area contributed by atoms with Crippen LogP contribution in [0.4, 0.5) is 5.13 Å². The van der Waals surface area contributed by atoms with E-state index in [9.17, 15) is 4.79 Å². The Morgan fingerprint density at radius 2 is 1.95 bits per heavy atom. The van der Waals surface area contributed by atoms with Crippen LogP contribution < -0.4 is 5.32 Å². The van der Waals surface area contributed by atoms with Crippen LogP contribution >= 0.6 is 11.3 Å². The molecule has 5 heteroatoms. The monoisotopic (exact) mass is 297 g/mol. The molecule has 0 aliphatic heterocycles. The van der Waals surface area contributed by atoms with Gasteiger partial charge in [-0.25, -0.2) is 0 Å². The van der Waals surface area contributed by atoms with Crippen molar-refractivity contribution in [2.24, 2.45) is 0 Å². The van der Waals surface area contributed by atoms with Crippen molar-refractivity contribution in [1.82, 2.24) is 10.2 Å². The van der Waals surface area contributed by atoms with E-state index in [4.69, 9.17) is 0 Å². The summed E-state index contributed by atoms with van der Waals surface area (Å²) >= 11 is 1.43. The SMILES string of the molecule is CCCc1nnc(NC(=O)c2ccc3ccccc3c2)s1. The Bertz CT molecular complexity index is 782. The van der Waals surface area contributed by atoms with E-state index in [2.05, 4.69) is 22.4 Å². The number of aryl methyl sites for hydroxylation is 1. The van der Waals surface area contributed by atoms with Crippen molar-refractivity contribution in [3.8, 4) is 0 Å². The Balaban J connectivity index is 1.79. The van der Waals surface area contributed by atoms with Crippen LogP contribution in [0.5, 0.6) is 0 Å². The molecule has 1 N–H and O–H groups in total. The predicted octanol–water partition coefficient (Wildman–Crippen LogP) is 3.90. The van der Waals surface area contributed by atoms with Gasteiger partial charge in [-0.15, -0.1) is 10.2 Å². The summed E-state index contributed by atoms with van der Waals surface area (Å²) in [5.74, 6) is -0.153. The highest BCUT2D eigenvalue weighted by Crippen LogP contribution is 2.19. The summed E-state index contributed by atoms with van der Waals surface area (Å²) in [7, 11) is 0. The lowest BCUT2D eigenvalue weighted by Crippen LogP contribution is -2.11. The molecular formula is C16H15N3OS. The zero-order valence-electron chi connectivity index (χ0n) is 11.7. The van der Waals surface area contributed by atoms with Crippen molar-refractivity contribution in [2.75, 3.05) is 5.32 Å². The van der Waals surface area contributed by atoms with Gasteiger partial charge in [0.15, 0.2) is 0 Å². The van der Waals surface area contributed by atoms with Crippen LogP contribution in [0.15, 0.2) is 42.5 Å². The minimum atomic E-state index is -0.153. The number of hydrogen-bond donors (Lipinski definition) is 1. The molecule has 0 radical (unpaired) electrons. The van der Waals surface area contributed by atoms with Gasteiger partial charge in [-0.2, -0.15) is 0 Å². The molecule has 0 aliphatic carbocycles. The van der Waals surface area contributed by atoms with Crippen molar-refractivity contribution < 1.29 is 4.79 Å². The quantitative estimate of drug-likeness (QED) is 0.794. The number of nitrogens with zero attached hydrogens (tertiary/aromatic N) is 2. The van der Waals surface area contributed by atoms with Crippen molar-refractivity contribution in [2.45, 2.75) is 19.8 Å². The minimum Gasteiger partial charge on any atom is -0.296 e. The molecule has 21 heavy (non-hydrogen) atoms. The zero-order chi connectivity index (χ0) is 14.7. The summed E-state index contributed by atoms with van der Waals surface area (Å²) in [4.78, 5) is 12.3. The summed E-state index contributed by atoms with van der Waals surface area (Å²) in [6.45, 7) is 2.09. The van der Waals surface area contributed by atoms with E-state index in [-0.39, 0.29) is 5.91 Å². The first kappa shape index (κ1) is 13.7. The summed E-state index contributed by atoms with van der Waals surface area (Å²) in [5.41, 5.74) is 0.626. The summed E-state index contributed by atoms with van der Waals surface area (Å²) in [6.07, 6.45) is 1.91. The number of carbonyl (C=O) groups is 1. The second kappa shape index (κ2) is 6.01. The van der Waals surface area contributed by atoms with E-state index in [1.165, 1.54) is 11.3 Å². The highest BCUT2D eigenvalue weighted by atomic mass is 32.1. The van der Waals surface area contributed by atoms with Crippen LogP contribution in [0.2, 0.25) is 0 Å². The third-order valence-corrected chi connectivity index (χ3v) is 4.06. The Morgan fingerprint density at radius 1 is 1.14 bits per heavy atom. The van der Waals surface area contributed by atoms with Crippen LogP contribution in [-0.4, -0.2) is 16.1 Å². The molecule has 0 aliphatic rings. The maximum atomic E-state index is 12.3. The van der Waals surface area contributed by atoms with Gasteiger partial charge >= 0.3 is 0 Å². The van der Waals surface area contributed by atoms with Crippen LogP contribution in [-0.2, 0) is 6.42 Å². The normalized spacial score (nSPS) is 10.7. The molecule has 3 rings (SSSR count). The van der Waals surface area contributed by atoms with Gasteiger partial charge in [-0.05, 0) is 29.3 Å². The number of carbonyl (C=O) groups excluding carboxylic acids is 1. The fourth-order valence-electron chi connectivity index (χ4n) is 2.12. The molecule has 0 unspecified atom stereocenters. The molecule has 0 saturated carbocycles. The minimum absolute atomic E-state index is 0.153. The van der Waals surface area contributed by atoms with Crippen LogP contribution in [0, 0.1) is 0 Å². The smallest absolute Gasteiger partial charge is 0.257 e. The van der Waals surface area contributed by atoms with Gasteiger partial charge in [0.25, 0.3) is 5.91 Å². The van der Waals surface area contributed by atoms with E-state index in [1.807, 2.05) is 42.5 Å². The maximum Gasteiger partial charge on any atom is 0.257 e. The van der Waals surface area contributed by atoms with Crippen molar-refractivity contribution in [3.05, 3.63) is 53.0 Å². The molecule has 1 amide bonds. The van der Waals surface area contributed by atoms with E-state index >= 15 is 0 Å². The molecular weight excluding hydrogens is 282 g/mol. The van der Waals surface area contributed by atoms with Crippen LogP contribution in [0.3, 0.4) is 0 Å². The molecule has 3 aromatic rings. The van der Waals surface area contributed by atoms with Gasteiger partial charge < -0.3 is 0 Å². The average Bonchev–Trinajstić information content (AvgIpc) is 2.94. The molecule has 0 saturated heterocycles. The van der Waals surface area contributed by atoms with Gasteiger partial charge in [0.1, 0.15) is 5.01 Å². The molecule has 1 heterocycles. The van der Waals surface area contributed by atoms with E-state index in [0.717, 1.165) is 28.6 Å². The number of nitrogens with one attached hydrogen (secondary N) is 1. The Morgan fingerprint density at radius 3 is 2.76 bits per heavy atom. The molecule has 106 valence electrons. The Labute approximate surface area is 126 Å². The molecule has 2 aromatic carbocycles. The number of fused-ring (bicyclic) bond motifs is 1. The van der Waals surface area contributed by atoms with Crippen molar-refractivity contribution in [1.29, 1.82) is 0 Å². The van der Waals surface area contributed by atoms with E-state index < -0.39 is 0 Å². The van der Waals surface area contributed by atoms with Gasteiger partial charge in [0.2, 0.25) is 5.13 Å². The standard InChI is InChI=1S/C16H15N3OS/c1-2-5-14-18-19-16(21-14)17-15(20)13-9-8-11-6-3-4-7-12(11)10-13/h3-4,6-10H,2,5H2,1H3,(H,17,19,20). The van der Waals surface area contributed by atoms with Crippen LogP contribution in [0.25, 0.3) is 10.8 Å². The predicted molar refractivity (Wildman–Crippen MR) is 85.8 cm³/mol. The second-order valence-electron chi connectivity index (χ2n) is 4.77. The molecule has 1 aromatic heterocycles. The summed E-state index contributed by atoms with van der Waals surface area (Å²) < 4.78 is 0. The molecule has 0 bridgehead atoms. The Kier molecular flexibility index (Phi) is 3.92. The van der Waals surface area contributed by atoms with Crippen LogP contribution in [0.1, 0.15) is 28.7 Å². The maximum absolute atomic E-state index is 12.3. The highest BCUT2D eigenvalue weighted by molar-refractivity contribution is 7.15. The largest absolute Gasteiger partial charge is 0.296 e. The topological polar surface area (TPSA) is 54.9 Å². The number of hydrogen-bond acceptors (Lipinski definition) is 4. The molecule has 0 spiro atoms. The first-order chi connectivity index (χ1) is 10.3. The van der Waals surface area contributed by atoms with Gasteiger partial charge in [0.05, 0.1) is 0 Å². The number of anilines is 1. The first-order valence-corrected chi connectivity index (χ1v) is 7.70. The van der Waals surface area contributed by atoms with Crippen molar-refractivity contribution >= 4 is 33.1 Å². The third-order valence-electron chi connectivity index (χ3n) is 3.16. The lowest BCUT2D eigenvalue weighted by atomic mass is 10.1. The van der Waals surface area contributed by atoms with E-state index in [1.54, 1.807) is 0 Å². The first-order valence-electron chi connectivity index (χ1n) is 6.89. The average molecular weight is 297 g/mol. The number of benzene rings is 2.